The lowest BCUT2D eigenvalue weighted by Gasteiger charge is -2.07. The lowest BCUT2D eigenvalue weighted by atomic mass is 10.1. The molecular formula is C21H17F3N7O3+. The molecule has 0 radical (unpaired) electrons. The molecule has 0 atom stereocenters. The Kier molecular flexibility index (Phi) is 6.08. The van der Waals surface area contributed by atoms with Crippen LogP contribution < -0.4 is 20.2 Å². The number of amides is 2. The molecule has 4 heterocycles. The number of alkyl halides is 3. The Balaban J connectivity index is 1.47. The van der Waals surface area contributed by atoms with E-state index in [1.807, 2.05) is 0 Å². The van der Waals surface area contributed by atoms with Gasteiger partial charge in [0.2, 0.25) is 11.9 Å². The third-order valence-electron chi connectivity index (χ3n) is 4.68. The Bertz CT molecular complexity index is 1360. The molecule has 4 aromatic heterocycles. The molecule has 0 spiro atoms. The third kappa shape index (κ3) is 5.09. The van der Waals surface area contributed by atoms with Crippen LogP contribution in [0.2, 0.25) is 0 Å². The number of anilines is 1. The number of aromatic nitrogens is 5. The van der Waals surface area contributed by atoms with Gasteiger partial charge in [0.1, 0.15) is 11.5 Å². The van der Waals surface area contributed by atoms with Gasteiger partial charge in [0.05, 0.1) is 5.52 Å². The summed E-state index contributed by atoms with van der Waals surface area (Å²) in [6.07, 6.45) is 0.841. The first-order valence-electron chi connectivity index (χ1n) is 9.81. The molecule has 0 aromatic carbocycles. The van der Waals surface area contributed by atoms with E-state index >= 15 is 0 Å². The van der Waals surface area contributed by atoms with Crippen molar-refractivity contribution in [2.24, 2.45) is 0 Å². The van der Waals surface area contributed by atoms with Crippen molar-refractivity contribution in [1.82, 2.24) is 25.5 Å². The van der Waals surface area contributed by atoms with Crippen molar-refractivity contribution in [3.8, 4) is 11.3 Å². The predicted octanol–water partition coefficient (Wildman–Crippen LogP) is 2.46. The zero-order chi connectivity index (χ0) is 24.3. The molecular weight excluding hydrogens is 455 g/mol. The second-order valence-electron chi connectivity index (χ2n) is 7.11. The summed E-state index contributed by atoms with van der Waals surface area (Å²) >= 11 is 0. The molecule has 4 aromatic rings. The van der Waals surface area contributed by atoms with E-state index < -0.39 is 18.2 Å². The standard InChI is InChI=1S/C21H16F3N7O3/c1-12-8-14(4-7-31(12)34-19(32)21(22,23)24)18-15-11-26-17(9-16(15)29-30-18)28-20(33)27-10-13-2-5-25-6-3-13/h2-9,11H,10H2,1H3,(H2,26,27,28,33)/p+1. The fourth-order valence-electron chi connectivity index (χ4n) is 3.04. The first kappa shape index (κ1) is 22.6. The first-order chi connectivity index (χ1) is 16.2. The van der Waals surface area contributed by atoms with Crippen molar-refractivity contribution >= 4 is 28.7 Å². The van der Waals surface area contributed by atoms with Gasteiger partial charge in [0, 0.05) is 65.9 Å². The zero-order valence-electron chi connectivity index (χ0n) is 17.6. The average Bonchev–Trinajstić information content (AvgIpc) is 3.22. The van der Waals surface area contributed by atoms with Gasteiger partial charge in [-0.3, -0.25) is 15.4 Å². The summed E-state index contributed by atoms with van der Waals surface area (Å²) in [6.45, 7) is 1.79. The maximum atomic E-state index is 12.4. The van der Waals surface area contributed by atoms with Gasteiger partial charge >= 0.3 is 18.2 Å². The van der Waals surface area contributed by atoms with Crippen LogP contribution in [0.4, 0.5) is 23.8 Å². The molecule has 0 aliphatic heterocycles. The normalized spacial score (nSPS) is 11.3. The van der Waals surface area contributed by atoms with Crippen LogP contribution >= 0.6 is 0 Å². The predicted molar refractivity (Wildman–Crippen MR) is 112 cm³/mol. The maximum absolute atomic E-state index is 12.4. The van der Waals surface area contributed by atoms with Crippen LogP contribution in [0.5, 0.6) is 0 Å². The smallest absolute Gasteiger partial charge is 0.334 e. The van der Waals surface area contributed by atoms with Crippen LogP contribution in [0.15, 0.2) is 55.1 Å². The molecule has 0 unspecified atom stereocenters. The summed E-state index contributed by atoms with van der Waals surface area (Å²) in [4.78, 5) is 35.7. The van der Waals surface area contributed by atoms with Crippen molar-refractivity contribution in [3.05, 3.63) is 66.4 Å². The third-order valence-corrected chi connectivity index (χ3v) is 4.68. The number of nitrogens with zero attached hydrogens (tertiary/aromatic N) is 4. The van der Waals surface area contributed by atoms with Gasteiger partial charge < -0.3 is 5.32 Å². The second-order valence-corrected chi connectivity index (χ2v) is 7.11. The highest BCUT2D eigenvalue weighted by atomic mass is 19.4. The number of halogens is 3. The lowest BCUT2D eigenvalue weighted by molar-refractivity contribution is -0.875. The fraction of sp³-hybridized carbons (Fsp3) is 0.143. The van der Waals surface area contributed by atoms with E-state index in [1.54, 1.807) is 30.6 Å². The highest BCUT2D eigenvalue weighted by Gasteiger charge is 2.45. The molecule has 0 bridgehead atoms. The van der Waals surface area contributed by atoms with Crippen LogP contribution in [-0.2, 0) is 11.3 Å². The molecule has 3 N–H and O–H groups in total. The highest BCUT2D eigenvalue weighted by Crippen LogP contribution is 2.26. The molecule has 2 amide bonds. The van der Waals surface area contributed by atoms with E-state index in [1.165, 1.54) is 31.5 Å². The van der Waals surface area contributed by atoms with E-state index in [0.717, 1.165) is 10.3 Å². The molecule has 174 valence electrons. The number of hydrogen-bond donors (Lipinski definition) is 3. The van der Waals surface area contributed by atoms with Crippen LogP contribution in [0, 0.1) is 6.92 Å². The van der Waals surface area contributed by atoms with Gasteiger partial charge in [-0.05, 0) is 17.7 Å². The lowest BCUT2D eigenvalue weighted by Crippen LogP contribution is -2.51. The number of aromatic amines is 1. The Hall–Kier alpha value is -4.55. The summed E-state index contributed by atoms with van der Waals surface area (Å²) in [5.74, 6) is -2.04. The van der Waals surface area contributed by atoms with Crippen molar-refractivity contribution in [1.29, 1.82) is 0 Å². The van der Waals surface area contributed by atoms with Gasteiger partial charge in [-0.1, -0.05) is 0 Å². The topological polar surface area (TPSA) is 126 Å². The number of urea groups is 1. The number of nitrogens with one attached hydrogen (secondary N) is 3. The van der Waals surface area contributed by atoms with Crippen molar-refractivity contribution in [2.45, 2.75) is 19.6 Å². The van der Waals surface area contributed by atoms with Crippen LogP contribution in [0.25, 0.3) is 22.2 Å². The number of hydrogen-bond acceptors (Lipinski definition) is 6. The summed E-state index contributed by atoms with van der Waals surface area (Å²) in [5.41, 5.74) is 2.74. The summed E-state index contributed by atoms with van der Waals surface area (Å²) in [5, 5.41) is 13.0. The summed E-state index contributed by atoms with van der Waals surface area (Å²) in [7, 11) is 0. The molecule has 10 nitrogen and oxygen atoms in total. The molecule has 4 rings (SSSR count). The average molecular weight is 472 g/mol. The summed E-state index contributed by atoms with van der Waals surface area (Å²) < 4.78 is 38.0. The number of carbonyl (C=O) groups excluding carboxylic acids is 2. The maximum Gasteiger partial charge on any atom is 0.498 e. The molecule has 0 fully saturated rings. The monoisotopic (exact) mass is 472 g/mol. The molecule has 34 heavy (non-hydrogen) atoms. The van der Waals surface area contributed by atoms with Crippen molar-refractivity contribution < 1.29 is 32.3 Å². The van der Waals surface area contributed by atoms with Gasteiger partial charge in [-0.2, -0.15) is 23.1 Å². The van der Waals surface area contributed by atoms with Crippen LogP contribution in [0.1, 0.15) is 11.3 Å². The van der Waals surface area contributed by atoms with E-state index in [9.17, 15) is 22.8 Å². The fourth-order valence-corrected chi connectivity index (χ4v) is 3.04. The number of aryl methyl sites for hydroxylation is 1. The second kappa shape index (κ2) is 9.13. The minimum Gasteiger partial charge on any atom is -0.334 e. The van der Waals surface area contributed by atoms with E-state index in [4.69, 9.17) is 0 Å². The molecule has 0 saturated carbocycles. The number of carbonyl (C=O) groups is 2. The summed E-state index contributed by atoms with van der Waals surface area (Å²) in [6, 6.07) is 7.68. The van der Waals surface area contributed by atoms with Crippen LogP contribution in [-0.4, -0.2) is 38.3 Å². The molecule has 0 aliphatic rings. The highest BCUT2D eigenvalue weighted by molar-refractivity contribution is 5.95. The van der Waals surface area contributed by atoms with E-state index in [2.05, 4.69) is 35.6 Å². The van der Waals surface area contributed by atoms with E-state index in [0.29, 0.717) is 28.7 Å². The van der Waals surface area contributed by atoms with Gasteiger partial charge in [-0.25, -0.2) is 14.6 Å². The van der Waals surface area contributed by atoms with Crippen molar-refractivity contribution in [3.63, 3.8) is 0 Å². The van der Waals surface area contributed by atoms with Crippen molar-refractivity contribution in [2.75, 3.05) is 5.32 Å². The van der Waals surface area contributed by atoms with Gasteiger partial charge in [-0.15, -0.1) is 0 Å². The Morgan fingerprint density at radius 2 is 1.94 bits per heavy atom. The number of pyridine rings is 3. The number of H-pyrrole nitrogens is 1. The Labute approximate surface area is 189 Å². The number of rotatable bonds is 5. The largest absolute Gasteiger partial charge is 0.498 e. The molecule has 0 aliphatic carbocycles. The zero-order valence-corrected chi connectivity index (χ0v) is 17.6. The van der Waals surface area contributed by atoms with Gasteiger partial charge in [0.25, 0.3) is 0 Å². The van der Waals surface area contributed by atoms with E-state index in [-0.39, 0.29) is 11.5 Å². The first-order valence-corrected chi connectivity index (χ1v) is 9.81. The molecule has 0 saturated heterocycles. The Morgan fingerprint density at radius 1 is 1.18 bits per heavy atom. The number of fused-ring (bicyclic) bond motifs is 1. The van der Waals surface area contributed by atoms with Crippen LogP contribution in [0.3, 0.4) is 0 Å². The minimum atomic E-state index is -5.11. The van der Waals surface area contributed by atoms with Gasteiger partial charge in [0.15, 0.2) is 0 Å². The quantitative estimate of drug-likeness (QED) is 0.383. The Morgan fingerprint density at radius 3 is 2.65 bits per heavy atom. The SMILES string of the molecule is Cc1cc(-c2n[nH]c3cc(NC(=O)NCc4ccncc4)ncc23)cc[n+]1OC(=O)C(F)(F)F. The molecule has 13 heteroatoms. The minimum absolute atomic E-state index is 0.239.